The number of rotatable bonds is 3. The quantitative estimate of drug-likeness (QED) is 0.794. The molecule has 0 bridgehead atoms. The second kappa shape index (κ2) is 4.48. The molecule has 16 heavy (non-hydrogen) atoms. The Kier molecular flexibility index (Phi) is 2.86. The standard InChI is InChI=1S/C11H11N3O2/c1-15-8-4-5-9(12)10(7-8)16-11-3-2-6-13-14-11/h2-7H,12H2,1H3. The summed E-state index contributed by atoms with van der Waals surface area (Å²) in [6.45, 7) is 0. The Hall–Kier alpha value is -2.30. The first-order chi connectivity index (χ1) is 7.79. The maximum atomic E-state index is 5.76. The molecule has 2 rings (SSSR count). The summed E-state index contributed by atoms with van der Waals surface area (Å²) in [6.07, 6.45) is 1.57. The lowest BCUT2D eigenvalue weighted by Gasteiger charge is -2.08. The molecule has 0 saturated carbocycles. The Bertz CT molecular complexity index is 474. The number of ether oxygens (including phenoxy) is 2. The Morgan fingerprint density at radius 1 is 1.25 bits per heavy atom. The number of nitrogens with zero attached hydrogens (tertiary/aromatic N) is 2. The van der Waals surface area contributed by atoms with Crippen molar-refractivity contribution < 1.29 is 9.47 Å². The highest BCUT2D eigenvalue weighted by atomic mass is 16.5. The highest BCUT2D eigenvalue weighted by Gasteiger charge is 2.04. The first-order valence-electron chi connectivity index (χ1n) is 4.68. The molecule has 0 saturated heterocycles. The number of nitrogen functional groups attached to an aromatic ring is 1. The highest BCUT2D eigenvalue weighted by molar-refractivity contribution is 5.56. The fourth-order valence-corrected chi connectivity index (χ4v) is 1.18. The van der Waals surface area contributed by atoms with Crippen LogP contribution in [0.4, 0.5) is 5.69 Å². The molecule has 0 unspecified atom stereocenters. The van der Waals surface area contributed by atoms with Gasteiger partial charge in [-0.05, 0) is 18.2 Å². The minimum atomic E-state index is 0.391. The van der Waals surface area contributed by atoms with E-state index in [2.05, 4.69) is 10.2 Å². The number of nitrogens with two attached hydrogens (primary N) is 1. The summed E-state index contributed by atoms with van der Waals surface area (Å²) in [7, 11) is 1.58. The van der Waals surface area contributed by atoms with Gasteiger partial charge in [0.15, 0.2) is 5.75 Å². The molecular weight excluding hydrogens is 206 g/mol. The van der Waals surface area contributed by atoms with E-state index in [0.717, 1.165) is 0 Å². The number of aromatic nitrogens is 2. The SMILES string of the molecule is COc1ccc(N)c(Oc2cccnn2)c1. The van der Waals surface area contributed by atoms with E-state index in [1.165, 1.54) is 0 Å². The van der Waals surface area contributed by atoms with Gasteiger partial charge in [-0.2, -0.15) is 5.10 Å². The van der Waals surface area contributed by atoms with Crippen LogP contribution in [0, 0.1) is 0 Å². The third-order valence-electron chi connectivity index (χ3n) is 1.98. The van der Waals surface area contributed by atoms with Crippen molar-refractivity contribution in [2.75, 3.05) is 12.8 Å². The molecule has 0 aliphatic heterocycles. The molecule has 2 N–H and O–H groups in total. The van der Waals surface area contributed by atoms with E-state index in [-0.39, 0.29) is 0 Å². The zero-order valence-electron chi connectivity index (χ0n) is 8.75. The molecule has 1 heterocycles. The van der Waals surface area contributed by atoms with Crippen molar-refractivity contribution in [3.8, 4) is 17.4 Å². The number of methoxy groups -OCH3 is 1. The van der Waals surface area contributed by atoms with Gasteiger partial charge in [-0.3, -0.25) is 0 Å². The van der Waals surface area contributed by atoms with Crippen LogP contribution in [0.1, 0.15) is 0 Å². The molecule has 0 radical (unpaired) electrons. The third kappa shape index (κ3) is 2.20. The second-order valence-corrected chi connectivity index (χ2v) is 3.07. The largest absolute Gasteiger partial charge is 0.497 e. The van der Waals surface area contributed by atoms with E-state index in [0.29, 0.717) is 23.1 Å². The van der Waals surface area contributed by atoms with Gasteiger partial charge in [-0.25, -0.2) is 0 Å². The summed E-state index contributed by atoms with van der Waals surface area (Å²) in [4.78, 5) is 0. The van der Waals surface area contributed by atoms with Gasteiger partial charge < -0.3 is 15.2 Å². The van der Waals surface area contributed by atoms with Gasteiger partial charge in [0.25, 0.3) is 0 Å². The van der Waals surface area contributed by atoms with E-state index in [1.807, 2.05) is 0 Å². The normalized spacial score (nSPS) is 9.81. The van der Waals surface area contributed by atoms with Crippen molar-refractivity contribution in [2.24, 2.45) is 0 Å². The van der Waals surface area contributed by atoms with E-state index < -0.39 is 0 Å². The summed E-state index contributed by atoms with van der Waals surface area (Å²) in [5.74, 6) is 1.57. The van der Waals surface area contributed by atoms with Crippen LogP contribution in [0.25, 0.3) is 0 Å². The van der Waals surface area contributed by atoms with Gasteiger partial charge in [0.2, 0.25) is 5.88 Å². The summed E-state index contributed by atoms with van der Waals surface area (Å²) < 4.78 is 10.5. The first kappa shape index (κ1) is 10.2. The lowest BCUT2D eigenvalue weighted by molar-refractivity contribution is 0.407. The first-order valence-corrected chi connectivity index (χ1v) is 4.68. The van der Waals surface area contributed by atoms with Crippen LogP contribution in [0.3, 0.4) is 0 Å². The van der Waals surface area contributed by atoms with Gasteiger partial charge in [0, 0.05) is 18.3 Å². The number of hydrogen-bond acceptors (Lipinski definition) is 5. The number of anilines is 1. The fraction of sp³-hybridized carbons (Fsp3) is 0.0909. The predicted octanol–water partition coefficient (Wildman–Crippen LogP) is 1.86. The number of benzene rings is 1. The Morgan fingerprint density at radius 2 is 2.12 bits per heavy atom. The van der Waals surface area contributed by atoms with E-state index in [9.17, 15) is 0 Å². The lowest BCUT2D eigenvalue weighted by Crippen LogP contribution is -1.95. The van der Waals surface area contributed by atoms with Crippen LogP contribution < -0.4 is 15.2 Å². The molecule has 0 atom stereocenters. The zero-order valence-corrected chi connectivity index (χ0v) is 8.75. The molecule has 2 aromatic rings. The molecular formula is C11H11N3O2. The molecule has 0 spiro atoms. The summed E-state index contributed by atoms with van der Waals surface area (Å²) in [5, 5.41) is 7.51. The van der Waals surface area contributed by atoms with Gasteiger partial charge in [-0.15, -0.1) is 5.10 Å². The number of hydrogen-bond donors (Lipinski definition) is 1. The highest BCUT2D eigenvalue weighted by Crippen LogP contribution is 2.29. The van der Waals surface area contributed by atoms with Crippen LogP contribution in [0.5, 0.6) is 17.4 Å². The van der Waals surface area contributed by atoms with Gasteiger partial charge in [-0.1, -0.05) is 0 Å². The minimum absolute atomic E-state index is 0.391. The molecule has 5 nitrogen and oxygen atoms in total. The lowest BCUT2D eigenvalue weighted by atomic mass is 10.3. The predicted molar refractivity (Wildman–Crippen MR) is 59.5 cm³/mol. The maximum Gasteiger partial charge on any atom is 0.238 e. The smallest absolute Gasteiger partial charge is 0.238 e. The zero-order chi connectivity index (χ0) is 11.4. The average molecular weight is 217 g/mol. The van der Waals surface area contributed by atoms with E-state index >= 15 is 0 Å². The van der Waals surface area contributed by atoms with Gasteiger partial charge in [0.05, 0.1) is 12.8 Å². The monoisotopic (exact) mass is 217 g/mol. The topological polar surface area (TPSA) is 70.3 Å². The van der Waals surface area contributed by atoms with Crippen molar-refractivity contribution in [3.05, 3.63) is 36.5 Å². The molecule has 1 aromatic carbocycles. The Labute approximate surface area is 92.8 Å². The van der Waals surface area contributed by atoms with Crippen molar-refractivity contribution in [1.29, 1.82) is 0 Å². The van der Waals surface area contributed by atoms with Crippen molar-refractivity contribution >= 4 is 5.69 Å². The van der Waals surface area contributed by atoms with E-state index in [4.69, 9.17) is 15.2 Å². The minimum Gasteiger partial charge on any atom is -0.497 e. The molecule has 0 amide bonds. The summed E-state index contributed by atoms with van der Waals surface area (Å²) >= 11 is 0. The third-order valence-corrected chi connectivity index (χ3v) is 1.98. The van der Waals surface area contributed by atoms with Crippen LogP contribution >= 0.6 is 0 Å². The maximum absolute atomic E-state index is 5.76. The van der Waals surface area contributed by atoms with Crippen molar-refractivity contribution in [1.82, 2.24) is 10.2 Å². The van der Waals surface area contributed by atoms with Gasteiger partial charge in [0.1, 0.15) is 5.75 Å². The van der Waals surface area contributed by atoms with E-state index in [1.54, 1.807) is 43.6 Å². The van der Waals surface area contributed by atoms with Crippen LogP contribution in [0.15, 0.2) is 36.5 Å². The molecule has 5 heteroatoms. The van der Waals surface area contributed by atoms with Crippen LogP contribution in [-0.2, 0) is 0 Å². The molecule has 1 aromatic heterocycles. The summed E-state index contributed by atoms with van der Waals surface area (Å²) in [6, 6.07) is 8.61. The summed E-state index contributed by atoms with van der Waals surface area (Å²) in [5.41, 5.74) is 6.28. The molecule has 0 aliphatic rings. The van der Waals surface area contributed by atoms with Crippen LogP contribution in [0.2, 0.25) is 0 Å². The average Bonchev–Trinajstić information content (AvgIpc) is 2.33. The van der Waals surface area contributed by atoms with Gasteiger partial charge >= 0.3 is 0 Å². The molecule has 0 fully saturated rings. The van der Waals surface area contributed by atoms with Crippen molar-refractivity contribution in [3.63, 3.8) is 0 Å². The molecule has 0 aliphatic carbocycles. The van der Waals surface area contributed by atoms with Crippen molar-refractivity contribution in [2.45, 2.75) is 0 Å². The molecule has 82 valence electrons. The second-order valence-electron chi connectivity index (χ2n) is 3.07. The van der Waals surface area contributed by atoms with Crippen LogP contribution in [-0.4, -0.2) is 17.3 Å². The Balaban J connectivity index is 2.27. The Morgan fingerprint density at radius 3 is 2.81 bits per heavy atom. The fourth-order valence-electron chi connectivity index (χ4n) is 1.18.